The number of hydrogen-bond donors (Lipinski definition) is 3. The largest absolute Gasteiger partial charge is 0.508 e. The standard InChI is InChI=1S/C34H36F3N5O4/c1-4-20-24(36)7-6-17-10-19(43)11-21(25(17)20)28-27(37)29-22(13-38-28)30(39-14-23-26(31(44)45)33(23,2)3)41-32(40-29)46-16-34-8-5-9-42(34)15-18(35)12-34/h6-7,10-11,13,18,23,26,43H,4-5,8-9,12,14-16H2,1-3H3,(H,44,45)(H,39,40,41)/t18-,23-,26-,34+/m1/s1. The number of nitrogens with zero attached hydrogens (tertiary/aromatic N) is 4. The van der Waals surface area contributed by atoms with Gasteiger partial charge in [0.25, 0.3) is 0 Å². The molecule has 2 aromatic carbocycles. The highest BCUT2D eigenvalue weighted by molar-refractivity contribution is 6.01. The number of fused-ring (bicyclic) bond motifs is 3. The van der Waals surface area contributed by atoms with Gasteiger partial charge in [0.2, 0.25) is 0 Å². The van der Waals surface area contributed by atoms with Crippen molar-refractivity contribution < 1.29 is 32.9 Å². The molecule has 1 aliphatic carbocycles. The molecule has 3 fully saturated rings. The fourth-order valence-electron chi connectivity index (χ4n) is 7.93. The summed E-state index contributed by atoms with van der Waals surface area (Å²) in [5.74, 6) is -2.78. The summed E-state index contributed by atoms with van der Waals surface area (Å²) in [7, 11) is 0. The second-order valence-electron chi connectivity index (χ2n) is 13.5. The van der Waals surface area contributed by atoms with Crippen LogP contribution in [0.5, 0.6) is 11.8 Å². The minimum Gasteiger partial charge on any atom is -0.508 e. The van der Waals surface area contributed by atoms with Gasteiger partial charge in [-0.05, 0) is 71.7 Å². The summed E-state index contributed by atoms with van der Waals surface area (Å²) in [6.45, 7) is 7.08. The summed E-state index contributed by atoms with van der Waals surface area (Å²) < 4.78 is 52.1. The molecule has 4 heterocycles. The number of pyridine rings is 1. The van der Waals surface area contributed by atoms with E-state index < -0.39 is 40.6 Å². The van der Waals surface area contributed by atoms with Crippen LogP contribution in [-0.2, 0) is 11.2 Å². The van der Waals surface area contributed by atoms with Crippen LogP contribution in [0.1, 0.15) is 45.6 Å². The molecule has 3 aliphatic rings. The zero-order chi connectivity index (χ0) is 32.5. The average Bonchev–Trinajstić information content (AvgIpc) is 3.21. The highest BCUT2D eigenvalue weighted by Gasteiger charge is 2.61. The Labute approximate surface area is 263 Å². The van der Waals surface area contributed by atoms with E-state index in [0.717, 1.165) is 19.4 Å². The van der Waals surface area contributed by atoms with Gasteiger partial charge in [0.15, 0.2) is 5.82 Å². The smallest absolute Gasteiger partial charge is 0.319 e. The molecule has 2 aliphatic heterocycles. The number of hydrogen-bond acceptors (Lipinski definition) is 8. The van der Waals surface area contributed by atoms with Crippen molar-refractivity contribution in [3.8, 4) is 23.0 Å². The van der Waals surface area contributed by atoms with E-state index in [1.54, 1.807) is 6.92 Å². The van der Waals surface area contributed by atoms with Gasteiger partial charge < -0.3 is 20.3 Å². The molecule has 0 bridgehead atoms. The Kier molecular flexibility index (Phi) is 7.26. The maximum absolute atomic E-state index is 16.7. The third-order valence-corrected chi connectivity index (χ3v) is 10.5. The zero-order valence-electron chi connectivity index (χ0n) is 25.9. The van der Waals surface area contributed by atoms with Crippen LogP contribution in [-0.4, -0.2) is 74.0 Å². The number of carboxylic acids is 1. The van der Waals surface area contributed by atoms with Gasteiger partial charge in [-0.15, -0.1) is 0 Å². The Balaban J connectivity index is 1.32. The van der Waals surface area contributed by atoms with E-state index >= 15 is 4.39 Å². The topological polar surface area (TPSA) is 121 Å². The number of alkyl halides is 1. The van der Waals surface area contributed by atoms with E-state index in [0.29, 0.717) is 35.7 Å². The van der Waals surface area contributed by atoms with Crippen molar-refractivity contribution in [1.29, 1.82) is 0 Å². The summed E-state index contributed by atoms with van der Waals surface area (Å²) in [6.07, 6.45) is 2.81. The highest BCUT2D eigenvalue weighted by Crippen LogP contribution is 2.58. The average molecular weight is 636 g/mol. The third-order valence-electron chi connectivity index (χ3n) is 10.5. The second-order valence-corrected chi connectivity index (χ2v) is 13.5. The fourth-order valence-corrected chi connectivity index (χ4v) is 7.93. The number of aromatic hydroxyl groups is 1. The van der Waals surface area contributed by atoms with Gasteiger partial charge in [0.1, 0.15) is 41.4 Å². The Bertz CT molecular complexity index is 1890. The molecule has 0 spiro atoms. The van der Waals surface area contributed by atoms with Crippen molar-refractivity contribution in [3.05, 3.63) is 47.7 Å². The number of ether oxygens (including phenoxy) is 1. The number of nitrogens with one attached hydrogen (secondary N) is 1. The number of aliphatic carboxylic acids is 1. The molecule has 4 atom stereocenters. The molecule has 2 aromatic heterocycles. The van der Waals surface area contributed by atoms with E-state index in [4.69, 9.17) is 4.74 Å². The van der Waals surface area contributed by atoms with Gasteiger partial charge >= 0.3 is 12.0 Å². The lowest BCUT2D eigenvalue weighted by molar-refractivity contribution is -0.139. The van der Waals surface area contributed by atoms with E-state index in [9.17, 15) is 23.8 Å². The molecule has 9 nitrogen and oxygen atoms in total. The lowest BCUT2D eigenvalue weighted by Gasteiger charge is -2.30. The van der Waals surface area contributed by atoms with Crippen LogP contribution in [0.3, 0.4) is 0 Å². The molecule has 242 valence electrons. The van der Waals surface area contributed by atoms with Gasteiger partial charge in [-0.2, -0.15) is 9.97 Å². The van der Waals surface area contributed by atoms with Crippen molar-refractivity contribution in [2.24, 2.45) is 17.3 Å². The number of rotatable bonds is 9. The van der Waals surface area contributed by atoms with Gasteiger partial charge in [0, 0.05) is 31.3 Å². The maximum atomic E-state index is 16.7. The predicted octanol–water partition coefficient (Wildman–Crippen LogP) is 6.12. The number of aryl methyl sites for hydroxylation is 1. The summed E-state index contributed by atoms with van der Waals surface area (Å²) in [5.41, 5.74) is -0.575. The first kappa shape index (κ1) is 30.5. The number of phenols is 1. The molecule has 0 unspecified atom stereocenters. The summed E-state index contributed by atoms with van der Waals surface area (Å²) in [4.78, 5) is 27.3. The monoisotopic (exact) mass is 635 g/mol. The van der Waals surface area contributed by atoms with Crippen LogP contribution in [0.4, 0.5) is 19.0 Å². The van der Waals surface area contributed by atoms with E-state index in [1.807, 2.05) is 13.8 Å². The zero-order valence-corrected chi connectivity index (χ0v) is 25.9. The lowest BCUT2D eigenvalue weighted by Crippen LogP contribution is -2.43. The Hall–Kier alpha value is -4.19. The van der Waals surface area contributed by atoms with E-state index in [2.05, 4.69) is 25.2 Å². The number of carboxylic acid groups (broad SMARTS) is 1. The molecule has 12 heteroatoms. The van der Waals surface area contributed by atoms with Crippen LogP contribution in [0.25, 0.3) is 32.9 Å². The molecule has 2 saturated heterocycles. The SMILES string of the molecule is CCc1c(F)ccc2cc(O)cc(-c3ncc4c(NC[C@@H]5[C@H](C(=O)O)C5(C)C)nc(OC[C@@]56CCCN5C[C@H](F)C6)nc4c3F)c12. The van der Waals surface area contributed by atoms with Gasteiger partial charge in [-0.25, -0.2) is 13.2 Å². The van der Waals surface area contributed by atoms with Crippen LogP contribution in [0, 0.1) is 28.9 Å². The summed E-state index contributed by atoms with van der Waals surface area (Å²) in [5, 5.41) is 24.6. The van der Waals surface area contributed by atoms with Crippen LogP contribution in [0.15, 0.2) is 30.5 Å². The molecule has 0 radical (unpaired) electrons. The predicted molar refractivity (Wildman–Crippen MR) is 167 cm³/mol. The number of benzene rings is 2. The lowest BCUT2D eigenvalue weighted by atomic mass is 9.94. The normalized spacial score (nSPS) is 25.2. The molecular weight excluding hydrogens is 599 g/mol. The summed E-state index contributed by atoms with van der Waals surface area (Å²) >= 11 is 0. The van der Waals surface area contributed by atoms with Crippen molar-refractivity contribution >= 4 is 33.5 Å². The Morgan fingerprint density at radius 3 is 2.76 bits per heavy atom. The van der Waals surface area contributed by atoms with Crippen molar-refractivity contribution in [2.45, 2.75) is 58.2 Å². The minimum atomic E-state index is -0.955. The van der Waals surface area contributed by atoms with E-state index in [1.165, 1.54) is 30.5 Å². The van der Waals surface area contributed by atoms with Crippen LogP contribution < -0.4 is 10.1 Å². The first-order valence-electron chi connectivity index (χ1n) is 15.7. The number of carbonyl (C=O) groups is 1. The molecule has 4 aromatic rings. The first-order valence-corrected chi connectivity index (χ1v) is 15.7. The number of aromatic nitrogens is 3. The highest BCUT2D eigenvalue weighted by atomic mass is 19.1. The molecule has 46 heavy (non-hydrogen) atoms. The number of halogens is 3. The summed E-state index contributed by atoms with van der Waals surface area (Å²) in [6, 6.07) is 5.59. The van der Waals surface area contributed by atoms with Crippen LogP contribution in [0.2, 0.25) is 0 Å². The van der Waals surface area contributed by atoms with Crippen LogP contribution >= 0.6 is 0 Å². The molecule has 3 N–H and O–H groups in total. The van der Waals surface area contributed by atoms with Crippen molar-refractivity contribution in [3.63, 3.8) is 0 Å². The van der Waals surface area contributed by atoms with Crippen molar-refractivity contribution in [1.82, 2.24) is 19.9 Å². The van der Waals surface area contributed by atoms with E-state index in [-0.39, 0.29) is 58.8 Å². The molecular formula is C34H36F3N5O4. The Morgan fingerprint density at radius 2 is 2.02 bits per heavy atom. The maximum Gasteiger partial charge on any atom is 0.319 e. The molecule has 0 amide bonds. The quantitative estimate of drug-likeness (QED) is 0.200. The molecule has 7 rings (SSSR count). The second kappa shape index (κ2) is 11.0. The first-order chi connectivity index (χ1) is 21.9. The van der Waals surface area contributed by atoms with Gasteiger partial charge in [-0.3, -0.25) is 14.7 Å². The third kappa shape index (κ3) is 4.88. The Morgan fingerprint density at radius 1 is 1.22 bits per heavy atom. The minimum absolute atomic E-state index is 0.108. The number of anilines is 1. The van der Waals surface area contributed by atoms with Gasteiger partial charge in [-0.1, -0.05) is 26.8 Å². The van der Waals surface area contributed by atoms with Crippen molar-refractivity contribution in [2.75, 3.05) is 31.6 Å². The number of phenolic OH excluding ortho intramolecular Hbond substituents is 1. The fraction of sp³-hybridized carbons (Fsp3) is 0.471. The molecule has 1 saturated carbocycles. The van der Waals surface area contributed by atoms with Gasteiger partial charge in [0.05, 0.1) is 16.8 Å².